The molecular weight excluding hydrogens is 949 g/mol. The second-order valence-electron chi connectivity index (χ2n) is 21.0. The molecular formula is C74H46N2S. The summed E-state index contributed by atoms with van der Waals surface area (Å²) in [6.45, 7) is 0. The maximum Gasteiger partial charge on any atom is 0.0755 e. The molecule has 2 aromatic heterocycles. The van der Waals surface area contributed by atoms with Crippen LogP contribution in [0.15, 0.2) is 279 Å². The van der Waals surface area contributed by atoms with E-state index in [2.05, 4.69) is 289 Å². The van der Waals surface area contributed by atoms with E-state index in [4.69, 9.17) is 0 Å². The van der Waals surface area contributed by atoms with Gasteiger partial charge in [-0.25, -0.2) is 0 Å². The van der Waals surface area contributed by atoms with Gasteiger partial charge in [0.2, 0.25) is 0 Å². The lowest BCUT2D eigenvalue weighted by Crippen LogP contribution is -2.33. The van der Waals surface area contributed by atoms with Crippen LogP contribution in [0.1, 0.15) is 44.5 Å². The molecule has 0 amide bonds. The van der Waals surface area contributed by atoms with Crippen LogP contribution in [-0.4, -0.2) is 4.57 Å². The number of anilines is 3. The molecule has 3 heteroatoms. The lowest BCUT2D eigenvalue weighted by Gasteiger charge is -2.39. The van der Waals surface area contributed by atoms with Crippen molar-refractivity contribution < 1.29 is 0 Å². The number of hydrogen-bond donors (Lipinski definition) is 0. The van der Waals surface area contributed by atoms with E-state index in [0.29, 0.717) is 0 Å². The molecule has 3 heterocycles. The van der Waals surface area contributed by atoms with Crippen LogP contribution in [0.5, 0.6) is 0 Å². The molecule has 3 aliphatic rings. The number of rotatable bonds is 6. The number of para-hydroxylation sites is 3. The van der Waals surface area contributed by atoms with Gasteiger partial charge in [0.25, 0.3) is 0 Å². The zero-order valence-electron chi connectivity index (χ0n) is 41.9. The van der Waals surface area contributed by atoms with Crippen molar-refractivity contribution in [3.05, 3.63) is 324 Å². The first kappa shape index (κ1) is 42.8. The third kappa shape index (κ3) is 5.63. The maximum atomic E-state index is 2.53. The topological polar surface area (TPSA) is 8.17 Å². The molecule has 0 saturated carbocycles. The molecule has 1 aliphatic heterocycles. The van der Waals surface area contributed by atoms with Crippen LogP contribution in [0.3, 0.4) is 0 Å². The zero-order valence-corrected chi connectivity index (χ0v) is 42.7. The number of benzene rings is 12. The maximum absolute atomic E-state index is 2.53. The highest BCUT2D eigenvalue weighted by Crippen LogP contribution is 2.64. The molecule has 12 aromatic carbocycles. The largest absolute Gasteiger partial charge is 0.310 e. The number of fused-ring (bicyclic) bond motifs is 18. The molecule has 0 saturated heterocycles. The highest BCUT2D eigenvalue weighted by molar-refractivity contribution is 7.25. The van der Waals surface area contributed by atoms with Gasteiger partial charge < -0.3 is 9.47 Å². The summed E-state index contributed by atoms with van der Waals surface area (Å²) in [5.41, 5.74) is 23.8. The first-order valence-corrected chi connectivity index (χ1v) is 27.6. The smallest absolute Gasteiger partial charge is 0.0755 e. The van der Waals surface area contributed by atoms with Crippen LogP contribution in [0.4, 0.5) is 17.1 Å². The Kier molecular flexibility index (Phi) is 8.88. The summed E-state index contributed by atoms with van der Waals surface area (Å²) in [5, 5.41) is 5.19. The Morgan fingerprint density at radius 3 is 1.62 bits per heavy atom. The van der Waals surface area contributed by atoms with E-state index in [1.165, 1.54) is 126 Å². The fraction of sp³-hybridized carbons (Fsp3) is 0.0270. The van der Waals surface area contributed by atoms with Crippen molar-refractivity contribution in [2.45, 2.75) is 10.8 Å². The minimum absolute atomic E-state index is 0.508. The first-order chi connectivity index (χ1) is 38.2. The van der Waals surface area contributed by atoms with Crippen molar-refractivity contribution in [1.82, 2.24) is 4.57 Å². The summed E-state index contributed by atoms with van der Waals surface area (Å²) in [5.74, 6) is 0. The lowest BCUT2D eigenvalue weighted by atomic mass is 9.65. The van der Waals surface area contributed by atoms with Gasteiger partial charge >= 0.3 is 0 Å². The van der Waals surface area contributed by atoms with E-state index < -0.39 is 10.8 Å². The third-order valence-corrected chi connectivity index (χ3v) is 18.6. The van der Waals surface area contributed by atoms with Gasteiger partial charge in [-0.3, -0.25) is 0 Å². The number of hydrogen-bond acceptors (Lipinski definition) is 2. The summed E-state index contributed by atoms with van der Waals surface area (Å²) < 4.78 is 5.16. The number of aromatic nitrogens is 1. The zero-order chi connectivity index (χ0) is 50.4. The van der Waals surface area contributed by atoms with Gasteiger partial charge in [-0.2, -0.15) is 0 Å². The first-order valence-electron chi connectivity index (χ1n) is 26.7. The Morgan fingerprint density at radius 2 is 0.857 bits per heavy atom. The van der Waals surface area contributed by atoms with E-state index in [9.17, 15) is 0 Å². The summed E-state index contributed by atoms with van der Waals surface area (Å²) >= 11 is 1.87. The second kappa shape index (κ2) is 16.0. The van der Waals surface area contributed by atoms with Crippen LogP contribution in [0.25, 0.3) is 81.0 Å². The van der Waals surface area contributed by atoms with E-state index >= 15 is 0 Å². The predicted octanol–water partition coefficient (Wildman–Crippen LogP) is 19.3. The normalized spacial score (nSPS) is 15.2. The molecule has 2 aliphatic carbocycles. The van der Waals surface area contributed by atoms with Gasteiger partial charge in [0.05, 0.1) is 33.2 Å². The quantitative estimate of drug-likeness (QED) is 0.161. The van der Waals surface area contributed by atoms with Crippen LogP contribution in [-0.2, 0) is 10.8 Å². The Hall–Kier alpha value is -9.54. The second-order valence-corrected chi connectivity index (χ2v) is 22.1. The van der Waals surface area contributed by atoms with Gasteiger partial charge in [-0.05, 0) is 127 Å². The molecule has 0 bridgehead atoms. The Labute approximate surface area is 450 Å². The Balaban J connectivity index is 0.901. The summed E-state index contributed by atoms with van der Waals surface area (Å²) in [6.07, 6.45) is 0. The van der Waals surface area contributed by atoms with Gasteiger partial charge in [0.1, 0.15) is 0 Å². The molecule has 1 spiro atoms. The highest BCUT2D eigenvalue weighted by Gasteiger charge is 2.52. The highest BCUT2D eigenvalue weighted by atomic mass is 32.1. The number of nitrogens with zero attached hydrogens (tertiary/aromatic N) is 2. The summed E-state index contributed by atoms with van der Waals surface area (Å²) in [6, 6.07) is 105. The minimum Gasteiger partial charge on any atom is -0.310 e. The molecule has 1 atom stereocenters. The molecule has 1 unspecified atom stereocenters. The Bertz CT molecular complexity index is 4710. The average Bonchev–Trinajstić information content (AvgIpc) is 4.38. The van der Waals surface area contributed by atoms with Gasteiger partial charge in [0, 0.05) is 47.9 Å². The molecule has 2 nitrogen and oxygen atoms in total. The summed E-state index contributed by atoms with van der Waals surface area (Å²) in [7, 11) is 0. The van der Waals surface area contributed by atoms with Crippen molar-refractivity contribution in [2.75, 3.05) is 4.90 Å². The van der Waals surface area contributed by atoms with Crippen molar-refractivity contribution in [2.24, 2.45) is 0 Å². The molecule has 14 aromatic rings. The van der Waals surface area contributed by atoms with Gasteiger partial charge in [-0.1, -0.05) is 224 Å². The van der Waals surface area contributed by atoms with Crippen LogP contribution in [0, 0.1) is 0 Å². The molecule has 77 heavy (non-hydrogen) atoms. The Morgan fingerprint density at radius 1 is 0.325 bits per heavy atom. The standard InChI is InChI=1S/C74H46N2S/c1-2-18-49(19-3-1)73(60-26-9-4-20-53(60)54-21-5-10-27-61(54)73)50-39-43-52(44-40-50)75(51-41-36-47(37-42-51)48-38-45-57-56-23-8-15-35-69(56)77-70(57)46-48)68-34-17-30-64-71(68)59-24-6-11-28-62(59)74(64)63-29-12-14-33-67(63)76-66-32-13-7-22-55(66)58-25-16-31-65(74)72(58)76/h1-46H. The van der Waals surface area contributed by atoms with Gasteiger partial charge in [-0.15, -0.1) is 11.3 Å². The van der Waals surface area contributed by atoms with Gasteiger partial charge in [0.15, 0.2) is 0 Å². The third-order valence-electron chi connectivity index (χ3n) is 17.5. The van der Waals surface area contributed by atoms with E-state index in [1.54, 1.807) is 0 Å². The van der Waals surface area contributed by atoms with Crippen molar-refractivity contribution in [3.63, 3.8) is 0 Å². The van der Waals surface area contributed by atoms with Crippen molar-refractivity contribution in [1.29, 1.82) is 0 Å². The number of thiophene rings is 1. The van der Waals surface area contributed by atoms with Crippen LogP contribution in [0.2, 0.25) is 0 Å². The average molecular weight is 995 g/mol. The van der Waals surface area contributed by atoms with Crippen molar-refractivity contribution >= 4 is 70.4 Å². The molecule has 358 valence electrons. The van der Waals surface area contributed by atoms with E-state index in [0.717, 1.165) is 17.1 Å². The monoisotopic (exact) mass is 994 g/mol. The minimum atomic E-state index is -0.585. The molecule has 0 N–H and O–H groups in total. The molecule has 0 radical (unpaired) electrons. The fourth-order valence-electron chi connectivity index (χ4n) is 14.5. The van der Waals surface area contributed by atoms with E-state index in [1.807, 2.05) is 11.3 Å². The SMILES string of the molecule is c1ccc(C2(c3ccc(N(c4ccc(-c5ccc6c(c5)sc5ccccc56)cc4)c4cccc5c4-c4ccccc4C54c5ccccc5-n5c6ccccc6c6cccc4c65)cc3)c3ccccc3-c3ccccc32)cc1. The van der Waals surface area contributed by atoms with Crippen molar-refractivity contribution in [3.8, 4) is 39.1 Å². The fourth-order valence-corrected chi connectivity index (χ4v) is 15.6. The molecule has 17 rings (SSSR count). The van der Waals surface area contributed by atoms with E-state index in [-0.39, 0.29) is 0 Å². The lowest BCUT2D eigenvalue weighted by molar-refractivity contribution is 0.748. The summed E-state index contributed by atoms with van der Waals surface area (Å²) in [4.78, 5) is 2.52. The van der Waals surface area contributed by atoms with Crippen LogP contribution >= 0.6 is 11.3 Å². The van der Waals surface area contributed by atoms with Crippen LogP contribution < -0.4 is 4.90 Å². The molecule has 0 fully saturated rings. The predicted molar refractivity (Wildman–Crippen MR) is 322 cm³/mol.